The SMILES string of the molecule is CCNC(=O)[C@@H](C)OC(=O)COc1ccc(C=O)cc1OC. The predicted octanol–water partition coefficient (Wildman–Crippen LogP) is 0.954. The van der Waals surface area contributed by atoms with Crippen LogP contribution >= 0.6 is 0 Å². The van der Waals surface area contributed by atoms with Crippen molar-refractivity contribution >= 4 is 18.2 Å². The molecule has 0 aliphatic carbocycles. The molecule has 1 aromatic rings. The van der Waals surface area contributed by atoms with Crippen LogP contribution in [0.2, 0.25) is 0 Å². The molecule has 1 aromatic carbocycles. The van der Waals surface area contributed by atoms with Gasteiger partial charge in [-0.2, -0.15) is 0 Å². The molecular weight excluding hydrogens is 290 g/mol. The van der Waals surface area contributed by atoms with Gasteiger partial charge in [-0.25, -0.2) is 4.79 Å². The van der Waals surface area contributed by atoms with Crippen molar-refractivity contribution in [3.63, 3.8) is 0 Å². The Bertz CT molecular complexity index is 543. The molecule has 22 heavy (non-hydrogen) atoms. The molecule has 0 fully saturated rings. The zero-order valence-electron chi connectivity index (χ0n) is 12.8. The van der Waals surface area contributed by atoms with E-state index in [4.69, 9.17) is 14.2 Å². The smallest absolute Gasteiger partial charge is 0.344 e. The summed E-state index contributed by atoms with van der Waals surface area (Å²) in [7, 11) is 1.42. The number of ether oxygens (including phenoxy) is 3. The number of esters is 1. The van der Waals surface area contributed by atoms with E-state index in [1.807, 2.05) is 0 Å². The second-order valence-corrected chi connectivity index (χ2v) is 4.34. The van der Waals surface area contributed by atoms with Gasteiger partial charge in [0.15, 0.2) is 24.2 Å². The Kier molecular flexibility index (Phi) is 6.88. The molecule has 120 valence electrons. The zero-order valence-corrected chi connectivity index (χ0v) is 12.8. The van der Waals surface area contributed by atoms with E-state index < -0.39 is 12.1 Å². The molecule has 1 atom stereocenters. The molecule has 0 aliphatic heterocycles. The van der Waals surface area contributed by atoms with Crippen LogP contribution in [0.3, 0.4) is 0 Å². The third-order valence-electron chi connectivity index (χ3n) is 2.70. The van der Waals surface area contributed by atoms with Gasteiger partial charge in [-0.05, 0) is 32.0 Å². The Morgan fingerprint density at radius 1 is 1.32 bits per heavy atom. The molecule has 7 nitrogen and oxygen atoms in total. The molecule has 1 N–H and O–H groups in total. The molecular formula is C15H19NO6. The van der Waals surface area contributed by atoms with E-state index in [9.17, 15) is 14.4 Å². The summed E-state index contributed by atoms with van der Waals surface area (Å²) in [6.45, 7) is 3.32. The summed E-state index contributed by atoms with van der Waals surface area (Å²) in [6.07, 6.45) is -0.218. The van der Waals surface area contributed by atoms with Crippen LogP contribution in [-0.2, 0) is 14.3 Å². The maximum Gasteiger partial charge on any atom is 0.344 e. The topological polar surface area (TPSA) is 90.9 Å². The van der Waals surface area contributed by atoms with Crippen LogP contribution in [0.5, 0.6) is 11.5 Å². The summed E-state index contributed by atoms with van der Waals surface area (Å²) in [5.41, 5.74) is 0.427. The number of hydrogen-bond acceptors (Lipinski definition) is 6. The third kappa shape index (κ3) is 5.08. The van der Waals surface area contributed by atoms with Gasteiger partial charge in [-0.3, -0.25) is 9.59 Å². The van der Waals surface area contributed by atoms with Crippen LogP contribution < -0.4 is 14.8 Å². The highest BCUT2D eigenvalue weighted by molar-refractivity contribution is 5.83. The lowest BCUT2D eigenvalue weighted by Crippen LogP contribution is -2.36. The van der Waals surface area contributed by atoms with Crippen LogP contribution in [0, 0.1) is 0 Å². The van der Waals surface area contributed by atoms with Crippen molar-refractivity contribution in [2.24, 2.45) is 0 Å². The van der Waals surface area contributed by atoms with Crippen molar-refractivity contribution in [3.8, 4) is 11.5 Å². The normalized spacial score (nSPS) is 11.2. The summed E-state index contributed by atoms with van der Waals surface area (Å²) in [6, 6.07) is 4.54. The molecule has 0 radical (unpaired) electrons. The highest BCUT2D eigenvalue weighted by Crippen LogP contribution is 2.27. The maximum atomic E-state index is 11.6. The number of aldehydes is 1. The van der Waals surface area contributed by atoms with Crippen LogP contribution in [0.1, 0.15) is 24.2 Å². The molecule has 1 amide bonds. The fourth-order valence-electron chi connectivity index (χ4n) is 1.62. The molecule has 0 aliphatic rings. The third-order valence-corrected chi connectivity index (χ3v) is 2.70. The minimum Gasteiger partial charge on any atom is -0.493 e. The van der Waals surface area contributed by atoms with Crippen LogP contribution in [0.25, 0.3) is 0 Å². The standard InChI is InChI=1S/C15H19NO6/c1-4-16-15(19)10(2)22-14(18)9-21-12-6-5-11(8-17)7-13(12)20-3/h5-8,10H,4,9H2,1-3H3,(H,16,19)/t10-/m1/s1. The van der Waals surface area contributed by atoms with Crippen molar-refractivity contribution in [1.82, 2.24) is 5.32 Å². The highest BCUT2D eigenvalue weighted by atomic mass is 16.6. The van der Waals surface area contributed by atoms with Crippen molar-refractivity contribution in [2.75, 3.05) is 20.3 Å². The number of benzene rings is 1. The van der Waals surface area contributed by atoms with Gasteiger partial charge in [0.25, 0.3) is 5.91 Å². The quantitative estimate of drug-likeness (QED) is 0.568. The fourth-order valence-corrected chi connectivity index (χ4v) is 1.62. The van der Waals surface area contributed by atoms with E-state index in [2.05, 4.69) is 5.32 Å². The lowest BCUT2D eigenvalue weighted by Gasteiger charge is -2.14. The summed E-state index contributed by atoms with van der Waals surface area (Å²) >= 11 is 0. The van der Waals surface area contributed by atoms with Crippen molar-refractivity contribution < 1.29 is 28.6 Å². The molecule has 0 bridgehead atoms. The molecule has 0 spiro atoms. The lowest BCUT2D eigenvalue weighted by molar-refractivity contribution is -0.156. The van der Waals surface area contributed by atoms with Gasteiger partial charge in [-0.1, -0.05) is 0 Å². The summed E-state index contributed by atoms with van der Waals surface area (Å²) < 4.78 is 15.3. The average molecular weight is 309 g/mol. The van der Waals surface area contributed by atoms with Gasteiger partial charge in [0.1, 0.15) is 6.29 Å². The number of likely N-dealkylation sites (N-methyl/N-ethyl adjacent to an activating group) is 1. The first-order valence-corrected chi connectivity index (χ1v) is 6.75. The van der Waals surface area contributed by atoms with Crippen molar-refractivity contribution in [1.29, 1.82) is 0 Å². The Morgan fingerprint density at radius 3 is 2.64 bits per heavy atom. The number of carbonyl (C=O) groups is 3. The molecule has 0 saturated carbocycles. The Labute approximate surface area is 128 Å². The summed E-state index contributed by atoms with van der Waals surface area (Å²) in [4.78, 5) is 33.8. The number of carbonyl (C=O) groups excluding carboxylic acids is 3. The van der Waals surface area contributed by atoms with E-state index >= 15 is 0 Å². The van der Waals surface area contributed by atoms with Gasteiger partial charge < -0.3 is 19.5 Å². The second-order valence-electron chi connectivity index (χ2n) is 4.34. The van der Waals surface area contributed by atoms with Gasteiger partial charge >= 0.3 is 5.97 Å². The molecule has 0 aromatic heterocycles. The Balaban J connectivity index is 2.57. The largest absolute Gasteiger partial charge is 0.493 e. The summed E-state index contributed by atoms with van der Waals surface area (Å²) in [5.74, 6) is -0.422. The van der Waals surface area contributed by atoms with Gasteiger partial charge in [-0.15, -0.1) is 0 Å². The fraction of sp³-hybridized carbons (Fsp3) is 0.400. The first-order chi connectivity index (χ1) is 10.5. The van der Waals surface area contributed by atoms with Crippen molar-refractivity contribution in [2.45, 2.75) is 20.0 Å². The minimum atomic E-state index is -0.893. The number of nitrogens with one attached hydrogen (secondary N) is 1. The first kappa shape index (κ1) is 17.5. The van der Waals surface area contributed by atoms with Crippen molar-refractivity contribution in [3.05, 3.63) is 23.8 Å². The molecule has 0 saturated heterocycles. The average Bonchev–Trinajstić information content (AvgIpc) is 2.52. The Morgan fingerprint density at radius 2 is 2.05 bits per heavy atom. The monoisotopic (exact) mass is 309 g/mol. The van der Waals surface area contributed by atoms with E-state index in [0.717, 1.165) is 0 Å². The Hall–Kier alpha value is -2.57. The highest BCUT2D eigenvalue weighted by Gasteiger charge is 2.17. The van der Waals surface area contributed by atoms with Gasteiger partial charge in [0.2, 0.25) is 0 Å². The number of amides is 1. The van der Waals surface area contributed by atoms with E-state index in [-0.39, 0.29) is 12.5 Å². The van der Waals surface area contributed by atoms with Crippen LogP contribution in [-0.4, -0.2) is 44.5 Å². The molecule has 0 heterocycles. The first-order valence-electron chi connectivity index (χ1n) is 6.75. The predicted molar refractivity (Wildman–Crippen MR) is 78.1 cm³/mol. The maximum absolute atomic E-state index is 11.6. The zero-order chi connectivity index (χ0) is 16.5. The van der Waals surface area contributed by atoms with Gasteiger partial charge in [0, 0.05) is 12.1 Å². The number of rotatable bonds is 8. The number of hydrogen-bond donors (Lipinski definition) is 1. The lowest BCUT2D eigenvalue weighted by atomic mass is 10.2. The van der Waals surface area contributed by atoms with E-state index in [1.54, 1.807) is 6.92 Å². The molecule has 7 heteroatoms. The summed E-state index contributed by atoms with van der Waals surface area (Å²) in [5, 5.41) is 2.55. The van der Waals surface area contributed by atoms with Crippen LogP contribution in [0.15, 0.2) is 18.2 Å². The van der Waals surface area contributed by atoms with E-state index in [0.29, 0.717) is 29.9 Å². The minimum absolute atomic E-state index is 0.302. The van der Waals surface area contributed by atoms with E-state index in [1.165, 1.54) is 32.2 Å². The number of methoxy groups -OCH3 is 1. The second kappa shape index (κ2) is 8.66. The van der Waals surface area contributed by atoms with Gasteiger partial charge in [0.05, 0.1) is 7.11 Å². The molecule has 0 unspecified atom stereocenters. The molecule has 1 rings (SSSR count). The van der Waals surface area contributed by atoms with Crippen LogP contribution in [0.4, 0.5) is 0 Å².